The number of amides is 2. The number of carbonyl (C=O) groups excluding carboxylic acids is 2. The Kier molecular flexibility index (Phi) is 6.27. The molecule has 9 heteroatoms. The van der Waals surface area contributed by atoms with Gasteiger partial charge < -0.3 is 11.1 Å². The van der Waals surface area contributed by atoms with Crippen molar-refractivity contribution in [3.63, 3.8) is 0 Å². The topological polar surface area (TPSA) is 116 Å². The molecule has 0 spiro atoms. The molecule has 1 heterocycles. The van der Waals surface area contributed by atoms with Crippen molar-refractivity contribution in [3.05, 3.63) is 95.3 Å². The Morgan fingerprint density at radius 3 is 2.50 bits per heavy atom. The third-order valence-corrected chi connectivity index (χ3v) is 5.84. The van der Waals surface area contributed by atoms with Crippen molar-refractivity contribution in [1.82, 2.24) is 20.2 Å². The lowest BCUT2D eigenvalue weighted by molar-refractivity contribution is 0.0997. The highest BCUT2D eigenvalue weighted by molar-refractivity contribution is 7.98. The summed E-state index contributed by atoms with van der Waals surface area (Å²) < 4.78 is 1.68. The Labute approximate surface area is 188 Å². The van der Waals surface area contributed by atoms with Crippen molar-refractivity contribution in [2.75, 3.05) is 5.32 Å². The van der Waals surface area contributed by atoms with Gasteiger partial charge in [0.25, 0.3) is 5.91 Å². The van der Waals surface area contributed by atoms with Gasteiger partial charge in [-0.2, -0.15) is 4.68 Å². The van der Waals surface area contributed by atoms with Crippen LogP contribution in [0, 0.1) is 6.92 Å². The molecule has 3 aromatic carbocycles. The number of anilines is 1. The summed E-state index contributed by atoms with van der Waals surface area (Å²) in [4.78, 5) is 25.2. The van der Waals surface area contributed by atoms with E-state index >= 15 is 0 Å². The van der Waals surface area contributed by atoms with Crippen LogP contribution in [0.2, 0.25) is 0 Å². The molecule has 0 fully saturated rings. The molecule has 0 atom stereocenters. The maximum absolute atomic E-state index is 13.0. The van der Waals surface area contributed by atoms with Gasteiger partial charge in [0.05, 0.1) is 17.0 Å². The van der Waals surface area contributed by atoms with E-state index in [2.05, 4.69) is 20.8 Å². The van der Waals surface area contributed by atoms with Crippen LogP contribution in [0.4, 0.5) is 5.69 Å². The van der Waals surface area contributed by atoms with E-state index in [0.717, 1.165) is 10.6 Å². The van der Waals surface area contributed by atoms with Crippen molar-refractivity contribution in [3.8, 4) is 5.69 Å². The molecule has 0 saturated carbocycles. The number of hydrogen-bond acceptors (Lipinski definition) is 6. The van der Waals surface area contributed by atoms with Crippen LogP contribution in [0.25, 0.3) is 5.69 Å². The average Bonchev–Trinajstić information content (AvgIpc) is 3.27. The quantitative estimate of drug-likeness (QED) is 0.421. The first-order valence-electron chi connectivity index (χ1n) is 9.79. The molecule has 8 nitrogen and oxygen atoms in total. The van der Waals surface area contributed by atoms with Crippen LogP contribution in [0.5, 0.6) is 0 Å². The summed E-state index contributed by atoms with van der Waals surface area (Å²) in [5, 5.41) is 14.9. The smallest absolute Gasteiger partial charge is 0.256 e. The summed E-state index contributed by atoms with van der Waals surface area (Å²) >= 11 is 1.48. The number of rotatable bonds is 7. The predicted molar refractivity (Wildman–Crippen MR) is 123 cm³/mol. The number of carbonyl (C=O) groups is 2. The van der Waals surface area contributed by atoms with Crippen LogP contribution in [-0.2, 0) is 5.75 Å². The summed E-state index contributed by atoms with van der Waals surface area (Å²) in [6.07, 6.45) is 0. The summed E-state index contributed by atoms with van der Waals surface area (Å²) in [5.74, 6) is 0.412. The number of benzene rings is 3. The summed E-state index contributed by atoms with van der Waals surface area (Å²) in [6, 6.07) is 22.0. The minimum Gasteiger partial charge on any atom is -0.366 e. The first kappa shape index (κ1) is 21.3. The average molecular weight is 445 g/mol. The molecule has 0 aliphatic carbocycles. The third kappa shape index (κ3) is 4.68. The van der Waals surface area contributed by atoms with Crippen molar-refractivity contribution >= 4 is 29.3 Å². The Morgan fingerprint density at radius 1 is 1.00 bits per heavy atom. The predicted octanol–water partition coefficient (Wildman–Crippen LogP) is 3.61. The number of tetrazole rings is 1. The van der Waals surface area contributed by atoms with Crippen molar-refractivity contribution in [1.29, 1.82) is 0 Å². The zero-order valence-corrected chi connectivity index (χ0v) is 18.0. The maximum atomic E-state index is 13.0. The fourth-order valence-electron chi connectivity index (χ4n) is 3.20. The second kappa shape index (κ2) is 9.44. The van der Waals surface area contributed by atoms with E-state index < -0.39 is 5.91 Å². The van der Waals surface area contributed by atoms with Crippen LogP contribution in [-0.4, -0.2) is 32.0 Å². The molecule has 0 saturated heterocycles. The molecule has 0 aliphatic rings. The lowest BCUT2D eigenvalue weighted by Gasteiger charge is -2.11. The molecule has 0 unspecified atom stereocenters. The maximum Gasteiger partial charge on any atom is 0.256 e. The van der Waals surface area contributed by atoms with Crippen molar-refractivity contribution in [2.45, 2.75) is 17.6 Å². The van der Waals surface area contributed by atoms with Crippen LogP contribution in [0.1, 0.15) is 32.1 Å². The van der Waals surface area contributed by atoms with Crippen LogP contribution < -0.4 is 11.1 Å². The van der Waals surface area contributed by atoms with Crippen LogP contribution >= 0.6 is 11.8 Å². The van der Waals surface area contributed by atoms with Gasteiger partial charge in [0.15, 0.2) is 5.82 Å². The van der Waals surface area contributed by atoms with Gasteiger partial charge in [-0.1, -0.05) is 30.3 Å². The van der Waals surface area contributed by atoms with E-state index in [0.29, 0.717) is 34.0 Å². The fraction of sp³-hybridized carbons (Fsp3) is 0.0870. The first-order valence-corrected chi connectivity index (χ1v) is 10.8. The minimum absolute atomic E-state index is 0.248. The minimum atomic E-state index is -0.500. The zero-order valence-electron chi connectivity index (χ0n) is 17.2. The Hall–Kier alpha value is -3.98. The SMILES string of the molecule is Cc1cc(NC(=O)c2ccccc2SCc2nnnn2-c2ccccc2)ccc1C(N)=O. The number of aromatic nitrogens is 4. The van der Waals surface area contributed by atoms with Gasteiger partial charge in [0.1, 0.15) is 0 Å². The summed E-state index contributed by atoms with van der Waals surface area (Å²) in [6.45, 7) is 1.77. The lowest BCUT2D eigenvalue weighted by Crippen LogP contribution is -2.15. The van der Waals surface area contributed by atoms with E-state index in [-0.39, 0.29) is 5.91 Å². The summed E-state index contributed by atoms with van der Waals surface area (Å²) in [7, 11) is 0. The molecule has 160 valence electrons. The number of hydrogen-bond donors (Lipinski definition) is 2. The molecular weight excluding hydrogens is 424 g/mol. The summed E-state index contributed by atoms with van der Waals surface area (Å²) in [5.41, 5.74) is 8.47. The third-order valence-electron chi connectivity index (χ3n) is 4.77. The molecule has 0 aliphatic heterocycles. The molecule has 0 bridgehead atoms. The zero-order chi connectivity index (χ0) is 22.5. The van der Waals surface area contributed by atoms with E-state index in [1.807, 2.05) is 48.5 Å². The molecule has 2 amide bonds. The van der Waals surface area contributed by atoms with Gasteiger partial charge in [0, 0.05) is 16.1 Å². The lowest BCUT2D eigenvalue weighted by atomic mass is 10.1. The number of primary amides is 1. The molecule has 4 rings (SSSR count). The molecular formula is C23H20N6O2S. The second-order valence-electron chi connectivity index (χ2n) is 6.98. The number of para-hydroxylation sites is 1. The van der Waals surface area contributed by atoms with E-state index in [4.69, 9.17) is 5.73 Å². The number of nitrogens with one attached hydrogen (secondary N) is 1. The molecule has 3 N–H and O–H groups in total. The van der Waals surface area contributed by atoms with Gasteiger partial charge in [-0.05, 0) is 65.4 Å². The van der Waals surface area contributed by atoms with Gasteiger partial charge in [0.2, 0.25) is 5.91 Å². The molecule has 1 aromatic heterocycles. The molecule has 32 heavy (non-hydrogen) atoms. The highest BCUT2D eigenvalue weighted by Gasteiger charge is 2.15. The van der Waals surface area contributed by atoms with Gasteiger partial charge >= 0.3 is 0 Å². The molecule has 4 aromatic rings. The highest BCUT2D eigenvalue weighted by Crippen LogP contribution is 2.27. The van der Waals surface area contributed by atoms with Gasteiger partial charge in [-0.3, -0.25) is 9.59 Å². The largest absolute Gasteiger partial charge is 0.366 e. The number of thioether (sulfide) groups is 1. The Morgan fingerprint density at radius 2 is 1.75 bits per heavy atom. The van der Waals surface area contributed by atoms with Gasteiger partial charge in [-0.25, -0.2) is 0 Å². The van der Waals surface area contributed by atoms with Gasteiger partial charge in [-0.15, -0.1) is 16.9 Å². The number of nitrogens with two attached hydrogens (primary N) is 1. The number of aryl methyl sites for hydroxylation is 1. The fourth-order valence-corrected chi connectivity index (χ4v) is 4.16. The Bertz CT molecular complexity index is 1270. The second-order valence-corrected chi connectivity index (χ2v) is 7.99. The highest BCUT2D eigenvalue weighted by atomic mass is 32.2. The van der Waals surface area contributed by atoms with Crippen LogP contribution in [0.15, 0.2) is 77.7 Å². The first-order chi connectivity index (χ1) is 15.5. The van der Waals surface area contributed by atoms with Crippen LogP contribution in [0.3, 0.4) is 0 Å². The van der Waals surface area contributed by atoms with E-state index in [1.165, 1.54) is 11.8 Å². The van der Waals surface area contributed by atoms with Crippen molar-refractivity contribution in [2.24, 2.45) is 5.73 Å². The molecule has 0 radical (unpaired) electrons. The standard InChI is InChI=1S/C23H20N6O2S/c1-15-13-16(11-12-18(15)22(24)30)25-23(31)19-9-5-6-10-20(19)32-14-21-26-27-28-29(21)17-7-3-2-4-8-17/h2-13H,14H2,1H3,(H2,24,30)(H,25,31). The Balaban J connectivity index is 1.50. The van der Waals surface area contributed by atoms with E-state index in [1.54, 1.807) is 35.9 Å². The van der Waals surface area contributed by atoms with Crippen molar-refractivity contribution < 1.29 is 9.59 Å². The van der Waals surface area contributed by atoms with E-state index in [9.17, 15) is 9.59 Å². The normalized spacial score (nSPS) is 10.7. The number of nitrogens with zero attached hydrogens (tertiary/aromatic N) is 4. The monoisotopic (exact) mass is 444 g/mol.